The van der Waals surface area contributed by atoms with Crippen LogP contribution in [0.3, 0.4) is 0 Å². The number of benzene rings is 2. The zero-order valence-electron chi connectivity index (χ0n) is 10.3. The Morgan fingerprint density at radius 2 is 1.50 bits per heavy atom. The van der Waals surface area contributed by atoms with Gasteiger partial charge in [-0.3, -0.25) is 4.79 Å². The van der Waals surface area contributed by atoms with Gasteiger partial charge in [0.05, 0.1) is 11.5 Å². The van der Waals surface area contributed by atoms with Crippen LogP contribution < -0.4 is 5.32 Å². The lowest BCUT2D eigenvalue weighted by molar-refractivity contribution is -0.137. The summed E-state index contributed by atoms with van der Waals surface area (Å²) in [6, 6.07) is 20.2. The van der Waals surface area contributed by atoms with Gasteiger partial charge < -0.3 is 5.32 Å². The van der Waals surface area contributed by atoms with Gasteiger partial charge in [0.2, 0.25) is 5.91 Å². The summed E-state index contributed by atoms with van der Waals surface area (Å²) in [6.07, 6.45) is 0. The van der Waals surface area contributed by atoms with Crippen molar-refractivity contribution in [3.63, 3.8) is 0 Å². The number of β-lactam (4-membered cyclic amide) rings is 1. The molecule has 0 aliphatic carbocycles. The van der Waals surface area contributed by atoms with E-state index in [1.807, 2.05) is 55.5 Å². The monoisotopic (exact) mass is 237 g/mol. The van der Waals surface area contributed by atoms with Crippen LogP contribution in [-0.4, -0.2) is 5.91 Å². The molecule has 0 radical (unpaired) electrons. The summed E-state index contributed by atoms with van der Waals surface area (Å²) in [5, 5.41) is 3.01. The number of hydrogen-bond acceptors (Lipinski definition) is 1. The van der Waals surface area contributed by atoms with Crippen LogP contribution in [0.1, 0.15) is 24.1 Å². The van der Waals surface area contributed by atoms with E-state index in [4.69, 9.17) is 0 Å². The van der Waals surface area contributed by atoms with Crippen LogP contribution in [0.5, 0.6) is 0 Å². The zero-order valence-corrected chi connectivity index (χ0v) is 10.3. The highest BCUT2D eigenvalue weighted by molar-refractivity contribution is 5.95. The summed E-state index contributed by atoms with van der Waals surface area (Å²) < 4.78 is 0. The molecule has 3 rings (SSSR count). The number of carbonyl (C=O) groups excluding carboxylic acids is 1. The fraction of sp³-hybridized carbons (Fsp3) is 0.188. The highest BCUT2D eigenvalue weighted by atomic mass is 16.2. The molecule has 0 saturated carbocycles. The number of nitrogens with one attached hydrogen (secondary N) is 1. The van der Waals surface area contributed by atoms with Crippen molar-refractivity contribution in [2.45, 2.75) is 18.4 Å². The Kier molecular flexibility index (Phi) is 2.44. The Hall–Kier alpha value is -2.09. The fourth-order valence-corrected chi connectivity index (χ4v) is 2.62. The molecule has 0 unspecified atom stereocenters. The summed E-state index contributed by atoms with van der Waals surface area (Å²) in [7, 11) is 0. The standard InChI is InChI=1S/C16H15NO/c1-16(13-10-6-3-7-11-13)14(17-15(16)18)12-8-4-2-5-9-12/h2-11,14H,1H3,(H,17,18)/t14-,16-/m0/s1. The minimum atomic E-state index is -0.456. The van der Waals surface area contributed by atoms with E-state index >= 15 is 0 Å². The second-order valence-electron chi connectivity index (χ2n) is 4.89. The molecule has 0 aromatic heterocycles. The first-order valence-corrected chi connectivity index (χ1v) is 6.14. The topological polar surface area (TPSA) is 29.1 Å². The van der Waals surface area contributed by atoms with Crippen LogP contribution in [0.25, 0.3) is 0 Å². The highest BCUT2D eigenvalue weighted by Crippen LogP contribution is 2.44. The smallest absolute Gasteiger partial charge is 0.233 e. The third kappa shape index (κ3) is 1.46. The van der Waals surface area contributed by atoms with Gasteiger partial charge in [0.25, 0.3) is 0 Å². The Balaban J connectivity index is 2.02. The van der Waals surface area contributed by atoms with Crippen molar-refractivity contribution in [3.05, 3.63) is 71.8 Å². The van der Waals surface area contributed by atoms with Crippen molar-refractivity contribution in [3.8, 4) is 0 Å². The molecule has 2 aromatic rings. The molecule has 18 heavy (non-hydrogen) atoms. The van der Waals surface area contributed by atoms with E-state index in [-0.39, 0.29) is 11.9 Å². The number of carbonyl (C=O) groups is 1. The lowest BCUT2D eigenvalue weighted by Gasteiger charge is -2.47. The summed E-state index contributed by atoms with van der Waals surface area (Å²) >= 11 is 0. The molecule has 1 heterocycles. The summed E-state index contributed by atoms with van der Waals surface area (Å²) in [5.41, 5.74) is 1.77. The first-order chi connectivity index (χ1) is 8.73. The third-order valence-electron chi connectivity index (χ3n) is 3.83. The van der Waals surface area contributed by atoms with Crippen LogP contribution in [0.4, 0.5) is 0 Å². The first kappa shape index (κ1) is 11.0. The summed E-state index contributed by atoms with van der Waals surface area (Å²) in [4.78, 5) is 12.0. The average Bonchev–Trinajstić information content (AvgIpc) is 2.45. The van der Waals surface area contributed by atoms with Gasteiger partial charge in [-0.25, -0.2) is 0 Å². The van der Waals surface area contributed by atoms with E-state index in [0.29, 0.717) is 0 Å². The number of amides is 1. The predicted molar refractivity (Wildman–Crippen MR) is 71.1 cm³/mol. The third-order valence-corrected chi connectivity index (χ3v) is 3.83. The molecule has 1 fully saturated rings. The van der Waals surface area contributed by atoms with Crippen molar-refractivity contribution in [1.82, 2.24) is 5.32 Å². The van der Waals surface area contributed by atoms with Crippen LogP contribution in [0, 0.1) is 0 Å². The normalized spacial score (nSPS) is 26.3. The Morgan fingerprint density at radius 1 is 0.944 bits per heavy atom. The minimum Gasteiger partial charge on any atom is -0.347 e. The van der Waals surface area contributed by atoms with Gasteiger partial charge in [-0.05, 0) is 18.1 Å². The summed E-state index contributed by atoms with van der Waals surface area (Å²) in [5.74, 6) is 0.0996. The molecule has 1 aliphatic rings. The van der Waals surface area contributed by atoms with Crippen LogP contribution in [0.15, 0.2) is 60.7 Å². The van der Waals surface area contributed by atoms with E-state index < -0.39 is 5.41 Å². The molecule has 2 nitrogen and oxygen atoms in total. The van der Waals surface area contributed by atoms with Gasteiger partial charge in [0, 0.05) is 0 Å². The van der Waals surface area contributed by atoms with Crippen molar-refractivity contribution in [1.29, 1.82) is 0 Å². The van der Waals surface area contributed by atoms with E-state index in [2.05, 4.69) is 17.4 Å². The average molecular weight is 237 g/mol. The highest BCUT2D eigenvalue weighted by Gasteiger charge is 2.52. The molecular weight excluding hydrogens is 222 g/mol. The minimum absolute atomic E-state index is 0.0635. The molecule has 1 aliphatic heterocycles. The van der Waals surface area contributed by atoms with E-state index in [1.54, 1.807) is 0 Å². The fourth-order valence-electron chi connectivity index (χ4n) is 2.62. The quantitative estimate of drug-likeness (QED) is 0.799. The molecule has 2 aromatic carbocycles. The molecular formula is C16H15NO. The largest absolute Gasteiger partial charge is 0.347 e. The predicted octanol–water partition coefficient (Wildman–Crippen LogP) is 2.82. The van der Waals surface area contributed by atoms with Crippen molar-refractivity contribution < 1.29 is 4.79 Å². The number of hydrogen-bond donors (Lipinski definition) is 1. The molecule has 0 spiro atoms. The molecule has 2 heteroatoms. The van der Waals surface area contributed by atoms with Crippen molar-refractivity contribution >= 4 is 5.91 Å². The van der Waals surface area contributed by atoms with E-state index in [1.165, 1.54) is 0 Å². The second-order valence-corrected chi connectivity index (χ2v) is 4.89. The van der Waals surface area contributed by atoms with E-state index in [9.17, 15) is 4.79 Å². The second kappa shape index (κ2) is 3.98. The van der Waals surface area contributed by atoms with Gasteiger partial charge in [0.15, 0.2) is 0 Å². The summed E-state index contributed by atoms with van der Waals surface area (Å²) in [6.45, 7) is 2.01. The molecule has 90 valence electrons. The first-order valence-electron chi connectivity index (χ1n) is 6.14. The lowest BCUT2D eigenvalue weighted by atomic mass is 9.67. The van der Waals surface area contributed by atoms with Gasteiger partial charge in [0.1, 0.15) is 0 Å². The van der Waals surface area contributed by atoms with E-state index in [0.717, 1.165) is 11.1 Å². The SMILES string of the molecule is C[C@@]1(c2ccccc2)C(=O)N[C@H]1c1ccccc1. The van der Waals surface area contributed by atoms with Crippen LogP contribution >= 0.6 is 0 Å². The van der Waals surface area contributed by atoms with Crippen LogP contribution in [0.2, 0.25) is 0 Å². The lowest BCUT2D eigenvalue weighted by Crippen LogP contribution is -2.62. The maximum atomic E-state index is 12.0. The van der Waals surface area contributed by atoms with Crippen LogP contribution in [-0.2, 0) is 10.2 Å². The zero-order chi connectivity index (χ0) is 12.6. The molecule has 1 saturated heterocycles. The Bertz CT molecular complexity index is 564. The molecule has 0 bridgehead atoms. The maximum absolute atomic E-state index is 12.0. The Labute approximate surface area is 107 Å². The van der Waals surface area contributed by atoms with Gasteiger partial charge >= 0.3 is 0 Å². The molecule has 1 N–H and O–H groups in total. The van der Waals surface area contributed by atoms with Crippen molar-refractivity contribution in [2.24, 2.45) is 0 Å². The Morgan fingerprint density at radius 3 is 2.06 bits per heavy atom. The maximum Gasteiger partial charge on any atom is 0.233 e. The van der Waals surface area contributed by atoms with Gasteiger partial charge in [-0.1, -0.05) is 60.7 Å². The van der Waals surface area contributed by atoms with Gasteiger partial charge in [-0.2, -0.15) is 0 Å². The van der Waals surface area contributed by atoms with Gasteiger partial charge in [-0.15, -0.1) is 0 Å². The molecule has 2 atom stereocenters. The molecule has 1 amide bonds. The van der Waals surface area contributed by atoms with Crippen molar-refractivity contribution in [2.75, 3.05) is 0 Å². The number of rotatable bonds is 2.